The number of methoxy groups -OCH3 is 2. The minimum atomic E-state index is 0.161. The molecule has 0 aromatic rings. The van der Waals surface area contributed by atoms with E-state index >= 15 is 0 Å². The molecule has 0 aromatic heterocycles. The van der Waals surface area contributed by atoms with Crippen molar-refractivity contribution in [1.82, 2.24) is 10.6 Å². The lowest BCUT2D eigenvalue weighted by atomic mass is 10.2. The van der Waals surface area contributed by atoms with E-state index in [-0.39, 0.29) is 6.10 Å². The van der Waals surface area contributed by atoms with Gasteiger partial charge in [-0.25, -0.2) is 0 Å². The van der Waals surface area contributed by atoms with E-state index in [0.29, 0.717) is 6.61 Å². The molecule has 98 valence electrons. The quantitative estimate of drug-likeness (QED) is 0.519. The molecule has 4 heteroatoms. The van der Waals surface area contributed by atoms with Gasteiger partial charge in [-0.15, -0.1) is 0 Å². The van der Waals surface area contributed by atoms with Gasteiger partial charge in [0.25, 0.3) is 0 Å². The molecule has 0 heterocycles. The first-order chi connectivity index (χ1) is 7.70. The molecule has 0 spiro atoms. The third kappa shape index (κ3) is 10.4. The third-order valence-electron chi connectivity index (χ3n) is 2.32. The zero-order valence-corrected chi connectivity index (χ0v) is 11.2. The van der Waals surface area contributed by atoms with Crippen LogP contribution in [0.3, 0.4) is 0 Å². The van der Waals surface area contributed by atoms with Gasteiger partial charge in [-0.3, -0.25) is 0 Å². The van der Waals surface area contributed by atoms with Gasteiger partial charge in [0, 0.05) is 20.8 Å². The number of hydrogen-bond donors (Lipinski definition) is 2. The first kappa shape index (κ1) is 15.8. The third-order valence-corrected chi connectivity index (χ3v) is 2.32. The van der Waals surface area contributed by atoms with E-state index in [2.05, 4.69) is 24.5 Å². The first-order valence-corrected chi connectivity index (χ1v) is 6.13. The van der Waals surface area contributed by atoms with E-state index in [0.717, 1.165) is 38.5 Å². The molecule has 2 N–H and O–H groups in total. The normalized spacial score (nSPS) is 13.3. The van der Waals surface area contributed by atoms with E-state index in [1.807, 2.05) is 0 Å². The number of nitrogens with one attached hydrogen (secondary N) is 2. The fourth-order valence-corrected chi connectivity index (χ4v) is 1.39. The summed E-state index contributed by atoms with van der Waals surface area (Å²) in [6.45, 7) is 9.15. The largest absolute Gasteiger partial charge is 0.382 e. The van der Waals surface area contributed by atoms with Crippen LogP contribution in [0.5, 0.6) is 0 Å². The lowest BCUT2D eigenvalue weighted by Gasteiger charge is -2.15. The molecular weight excluding hydrogens is 204 g/mol. The van der Waals surface area contributed by atoms with Gasteiger partial charge in [-0.05, 0) is 32.0 Å². The van der Waals surface area contributed by atoms with Crippen LogP contribution in [-0.2, 0) is 9.47 Å². The molecule has 4 nitrogen and oxygen atoms in total. The Morgan fingerprint density at radius 1 is 1.00 bits per heavy atom. The Bertz CT molecular complexity index is 143. The van der Waals surface area contributed by atoms with Gasteiger partial charge in [-0.1, -0.05) is 13.8 Å². The zero-order chi connectivity index (χ0) is 12.2. The van der Waals surface area contributed by atoms with Crippen LogP contribution < -0.4 is 10.6 Å². The van der Waals surface area contributed by atoms with Crippen molar-refractivity contribution in [2.45, 2.75) is 26.4 Å². The highest BCUT2D eigenvalue weighted by Crippen LogP contribution is 1.89. The molecule has 0 saturated carbocycles. The molecule has 0 fully saturated rings. The SMILES string of the molecule is COCC(CNCCCNCC(C)C)OC. The molecule has 0 aromatic carbocycles. The summed E-state index contributed by atoms with van der Waals surface area (Å²) in [5.74, 6) is 0.729. The van der Waals surface area contributed by atoms with Crippen LogP contribution in [0.2, 0.25) is 0 Å². The number of hydrogen-bond acceptors (Lipinski definition) is 4. The van der Waals surface area contributed by atoms with Crippen LogP contribution in [0.15, 0.2) is 0 Å². The minimum Gasteiger partial charge on any atom is -0.382 e. The summed E-state index contributed by atoms with van der Waals surface area (Å²) >= 11 is 0. The summed E-state index contributed by atoms with van der Waals surface area (Å²) in [4.78, 5) is 0. The van der Waals surface area contributed by atoms with Crippen molar-refractivity contribution in [3.63, 3.8) is 0 Å². The second kappa shape index (κ2) is 11.3. The monoisotopic (exact) mass is 232 g/mol. The first-order valence-electron chi connectivity index (χ1n) is 6.13. The van der Waals surface area contributed by atoms with Crippen molar-refractivity contribution < 1.29 is 9.47 Å². The number of rotatable bonds is 11. The summed E-state index contributed by atoms with van der Waals surface area (Å²) in [5, 5.41) is 6.78. The Balaban J connectivity index is 3.19. The maximum absolute atomic E-state index is 5.25. The second-order valence-corrected chi connectivity index (χ2v) is 4.47. The maximum Gasteiger partial charge on any atom is 0.0928 e. The van der Waals surface area contributed by atoms with Crippen LogP contribution in [0.4, 0.5) is 0 Å². The molecule has 0 saturated heterocycles. The molecule has 0 aliphatic rings. The molecule has 1 atom stereocenters. The van der Waals surface area contributed by atoms with Crippen LogP contribution in [-0.4, -0.2) is 53.1 Å². The van der Waals surface area contributed by atoms with Crippen molar-refractivity contribution in [3.8, 4) is 0 Å². The van der Waals surface area contributed by atoms with Crippen molar-refractivity contribution in [3.05, 3.63) is 0 Å². The Morgan fingerprint density at radius 3 is 2.12 bits per heavy atom. The van der Waals surface area contributed by atoms with E-state index < -0.39 is 0 Å². The molecule has 0 aliphatic heterocycles. The summed E-state index contributed by atoms with van der Waals surface area (Å²) in [7, 11) is 3.41. The van der Waals surface area contributed by atoms with E-state index in [1.165, 1.54) is 0 Å². The van der Waals surface area contributed by atoms with Gasteiger partial charge in [0.1, 0.15) is 0 Å². The lowest BCUT2D eigenvalue weighted by Crippen LogP contribution is -2.33. The fourth-order valence-electron chi connectivity index (χ4n) is 1.39. The smallest absolute Gasteiger partial charge is 0.0928 e. The van der Waals surface area contributed by atoms with Crippen LogP contribution in [0.25, 0.3) is 0 Å². The highest BCUT2D eigenvalue weighted by molar-refractivity contribution is 4.61. The van der Waals surface area contributed by atoms with E-state index in [9.17, 15) is 0 Å². The molecule has 0 radical (unpaired) electrons. The van der Waals surface area contributed by atoms with Gasteiger partial charge >= 0.3 is 0 Å². The predicted molar refractivity (Wildman–Crippen MR) is 67.9 cm³/mol. The Labute approximate surface area is 100 Å². The summed E-state index contributed by atoms with van der Waals surface area (Å²) in [6, 6.07) is 0. The highest BCUT2D eigenvalue weighted by Gasteiger charge is 2.04. The fraction of sp³-hybridized carbons (Fsp3) is 1.00. The van der Waals surface area contributed by atoms with Gasteiger partial charge in [0.05, 0.1) is 12.7 Å². The molecule has 0 rings (SSSR count). The predicted octanol–water partition coefficient (Wildman–Crippen LogP) is 0.873. The van der Waals surface area contributed by atoms with Crippen molar-refractivity contribution in [2.75, 3.05) is 47.0 Å². The van der Waals surface area contributed by atoms with Gasteiger partial charge in [0.2, 0.25) is 0 Å². The zero-order valence-electron chi connectivity index (χ0n) is 11.2. The Morgan fingerprint density at radius 2 is 1.62 bits per heavy atom. The summed E-state index contributed by atoms with van der Waals surface area (Å²) in [6.07, 6.45) is 1.31. The van der Waals surface area contributed by atoms with Crippen LogP contribution in [0, 0.1) is 5.92 Å². The van der Waals surface area contributed by atoms with Crippen molar-refractivity contribution in [1.29, 1.82) is 0 Å². The minimum absolute atomic E-state index is 0.161. The highest BCUT2D eigenvalue weighted by atomic mass is 16.5. The summed E-state index contributed by atoms with van der Waals surface area (Å²) in [5.41, 5.74) is 0. The average molecular weight is 232 g/mol. The van der Waals surface area contributed by atoms with Gasteiger partial charge < -0.3 is 20.1 Å². The second-order valence-electron chi connectivity index (χ2n) is 4.47. The van der Waals surface area contributed by atoms with E-state index in [4.69, 9.17) is 9.47 Å². The molecule has 0 amide bonds. The molecule has 0 bridgehead atoms. The van der Waals surface area contributed by atoms with Gasteiger partial charge in [-0.2, -0.15) is 0 Å². The van der Waals surface area contributed by atoms with Crippen LogP contribution >= 0.6 is 0 Å². The Kier molecular flexibility index (Phi) is 11.2. The Hall–Kier alpha value is -0.160. The van der Waals surface area contributed by atoms with Gasteiger partial charge in [0.15, 0.2) is 0 Å². The maximum atomic E-state index is 5.25. The topological polar surface area (TPSA) is 42.5 Å². The van der Waals surface area contributed by atoms with E-state index in [1.54, 1.807) is 14.2 Å². The van der Waals surface area contributed by atoms with Crippen LogP contribution in [0.1, 0.15) is 20.3 Å². The molecular formula is C12H28N2O2. The molecule has 1 unspecified atom stereocenters. The molecule has 16 heavy (non-hydrogen) atoms. The number of ether oxygens (including phenoxy) is 2. The molecule has 0 aliphatic carbocycles. The summed E-state index contributed by atoms with van der Waals surface area (Å²) < 4.78 is 10.3. The lowest BCUT2D eigenvalue weighted by molar-refractivity contribution is 0.0290. The van der Waals surface area contributed by atoms with Crippen molar-refractivity contribution >= 4 is 0 Å². The standard InChI is InChI=1S/C12H28N2O2/c1-11(2)8-13-6-5-7-14-9-12(16-4)10-15-3/h11-14H,5-10H2,1-4H3. The average Bonchev–Trinajstić information content (AvgIpc) is 2.26. The van der Waals surface area contributed by atoms with Crippen molar-refractivity contribution in [2.24, 2.45) is 5.92 Å².